The van der Waals surface area contributed by atoms with Gasteiger partial charge in [0, 0.05) is 19.3 Å². The van der Waals surface area contributed by atoms with Crippen molar-refractivity contribution >= 4 is 17.9 Å². The van der Waals surface area contributed by atoms with Crippen molar-refractivity contribution in [2.45, 2.75) is 258 Å². The summed E-state index contributed by atoms with van der Waals surface area (Å²) in [7, 11) is 0. The van der Waals surface area contributed by atoms with E-state index < -0.39 is 6.10 Å². The van der Waals surface area contributed by atoms with Crippen LogP contribution in [-0.4, -0.2) is 37.2 Å². The Balaban J connectivity index is 4.45. The van der Waals surface area contributed by atoms with Crippen LogP contribution < -0.4 is 0 Å². The topological polar surface area (TPSA) is 78.9 Å². The van der Waals surface area contributed by atoms with E-state index in [0.29, 0.717) is 19.3 Å². The minimum Gasteiger partial charge on any atom is -0.462 e. The van der Waals surface area contributed by atoms with E-state index >= 15 is 0 Å². The van der Waals surface area contributed by atoms with Crippen LogP contribution in [0.3, 0.4) is 0 Å². The molecule has 0 fully saturated rings. The van der Waals surface area contributed by atoms with Crippen molar-refractivity contribution in [3.05, 3.63) is 72.9 Å². The van der Waals surface area contributed by atoms with E-state index in [4.69, 9.17) is 14.2 Å². The third-order valence-corrected chi connectivity index (χ3v) is 11.2. The van der Waals surface area contributed by atoms with Gasteiger partial charge < -0.3 is 14.2 Å². The highest BCUT2D eigenvalue weighted by Crippen LogP contribution is 2.15. The lowest BCUT2D eigenvalue weighted by molar-refractivity contribution is -0.167. The maximum Gasteiger partial charge on any atom is 0.306 e. The molecule has 6 nitrogen and oxygen atoms in total. The molecule has 1 atom stereocenters. The quantitative estimate of drug-likeness (QED) is 0.0262. The van der Waals surface area contributed by atoms with Crippen LogP contribution in [0.25, 0.3) is 0 Å². The van der Waals surface area contributed by atoms with Gasteiger partial charge in [0.1, 0.15) is 13.2 Å². The summed E-state index contributed by atoms with van der Waals surface area (Å²) < 4.78 is 16.8. The van der Waals surface area contributed by atoms with Crippen LogP contribution in [0.2, 0.25) is 0 Å². The molecule has 362 valence electrons. The van der Waals surface area contributed by atoms with Gasteiger partial charge in [0.15, 0.2) is 6.10 Å². The normalized spacial score (nSPS) is 12.6. The van der Waals surface area contributed by atoms with E-state index in [2.05, 4.69) is 93.7 Å². The molecule has 0 heterocycles. The van der Waals surface area contributed by atoms with Gasteiger partial charge in [0.05, 0.1) is 0 Å². The van der Waals surface area contributed by atoms with Crippen molar-refractivity contribution in [3.8, 4) is 0 Å². The van der Waals surface area contributed by atoms with E-state index in [9.17, 15) is 14.4 Å². The van der Waals surface area contributed by atoms with Gasteiger partial charge in [-0.3, -0.25) is 14.4 Å². The summed E-state index contributed by atoms with van der Waals surface area (Å²) >= 11 is 0. The average molecular weight is 879 g/mol. The number of allylic oxidation sites excluding steroid dienone is 12. The summed E-state index contributed by atoms with van der Waals surface area (Å²) in [5, 5.41) is 0. The first-order valence-corrected chi connectivity index (χ1v) is 26.4. The van der Waals surface area contributed by atoms with Crippen molar-refractivity contribution in [1.82, 2.24) is 0 Å². The zero-order valence-electron chi connectivity index (χ0n) is 41.3. The molecule has 0 aromatic carbocycles. The highest BCUT2D eigenvalue weighted by atomic mass is 16.6. The van der Waals surface area contributed by atoms with E-state index in [-0.39, 0.29) is 31.1 Å². The highest BCUT2D eigenvalue weighted by molar-refractivity contribution is 5.71. The molecule has 0 aromatic rings. The average Bonchev–Trinajstić information content (AvgIpc) is 3.28. The zero-order chi connectivity index (χ0) is 45.8. The second-order valence-corrected chi connectivity index (χ2v) is 17.4. The van der Waals surface area contributed by atoms with Crippen LogP contribution in [0.15, 0.2) is 72.9 Å². The predicted molar refractivity (Wildman–Crippen MR) is 270 cm³/mol. The molecule has 0 saturated heterocycles. The molecule has 0 aromatic heterocycles. The Morgan fingerprint density at radius 3 is 1.00 bits per heavy atom. The molecule has 0 rings (SSSR count). The molecule has 0 bridgehead atoms. The fraction of sp³-hybridized carbons (Fsp3) is 0.737. The van der Waals surface area contributed by atoms with Crippen molar-refractivity contribution in [3.63, 3.8) is 0 Å². The van der Waals surface area contributed by atoms with Crippen molar-refractivity contribution in [2.75, 3.05) is 13.2 Å². The molecule has 0 unspecified atom stereocenters. The largest absolute Gasteiger partial charge is 0.462 e. The van der Waals surface area contributed by atoms with Gasteiger partial charge in [-0.05, 0) is 89.9 Å². The Hall–Kier alpha value is -3.15. The van der Waals surface area contributed by atoms with Crippen LogP contribution in [0, 0.1) is 0 Å². The molecule has 0 aliphatic heterocycles. The zero-order valence-corrected chi connectivity index (χ0v) is 41.3. The summed E-state index contributed by atoms with van der Waals surface area (Å²) in [6, 6.07) is 0. The van der Waals surface area contributed by atoms with Gasteiger partial charge in [0.25, 0.3) is 0 Å². The molecule has 0 aliphatic rings. The predicted octanol–water partition coefficient (Wildman–Crippen LogP) is 17.4. The van der Waals surface area contributed by atoms with E-state index in [1.807, 2.05) is 0 Å². The minimum absolute atomic E-state index is 0.0887. The van der Waals surface area contributed by atoms with Crippen molar-refractivity contribution in [2.24, 2.45) is 0 Å². The van der Waals surface area contributed by atoms with Gasteiger partial charge in [-0.25, -0.2) is 0 Å². The van der Waals surface area contributed by atoms with E-state index in [1.165, 1.54) is 89.9 Å². The number of ether oxygens (including phenoxy) is 3. The smallest absolute Gasteiger partial charge is 0.306 e. The fourth-order valence-electron chi connectivity index (χ4n) is 7.23. The number of hydrogen-bond acceptors (Lipinski definition) is 6. The SMILES string of the molecule is CC/C=C\C/C=C\C/C=C\CCCCCCCC(=O)OC[C@H](COC(=O)CCCCCCCCCCCCCCC)OC(=O)CCCCCC/C=C\C/C=C\C/C=C\CCCCC. The third-order valence-electron chi connectivity index (χ3n) is 11.2. The van der Waals surface area contributed by atoms with Crippen LogP contribution >= 0.6 is 0 Å². The standard InChI is InChI=1S/C57H98O6/c1-4-7-10-13-16-19-22-25-27-28-30-33-36-39-42-45-48-51-57(60)63-54(52-61-55(58)49-46-43-40-37-34-31-24-21-18-15-12-9-6-3)53-62-56(59)50-47-44-41-38-35-32-29-26-23-20-17-14-11-8-5-2/h8,11,16-17,19-20,25-27,29-30,33,54H,4-7,9-10,12-15,18,21-24,28,31-32,34-53H2,1-3H3/b11-8-,19-16-,20-17-,27-25-,29-26-,33-30-/t54-/m0/s1. The first kappa shape index (κ1) is 59.9. The number of hydrogen-bond donors (Lipinski definition) is 0. The van der Waals surface area contributed by atoms with Gasteiger partial charge in [-0.1, -0.05) is 216 Å². The first-order valence-electron chi connectivity index (χ1n) is 26.4. The van der Waals surface area contributed by atoms with Crippen LogP contribution in [0.1, 0.15) is 252 Å². The number of rotatable bonds is 47. The van der Waals surface area contributed by atoms with Gasteiger partial charge in [-0.15, -0.1) is 0 Å². The van der Waals surface area contributed by atoms with Crippen LogP contribution in [-0.2, 0) is 28.6 Å². The second-order valence-electron chi connectivity index (χ2n) is 17.4. The summed E-state index contributed by atoms with van der Waals surface area (Å²) in [5.41, 5.74) is 0. The molecular weight excluding hydrogens is 781 g/mol. The Morgan fingerprint density at radius 1 is 0.333 bits per heavy atom. The second kappa shape index (κ2) is 51.5. The summed E-state index contributed by atoms with van der Waals surface area (Å²) in [6.45, 7) is 6.47. The van der Waals surface area contributed by atoms with Gasteiger partial charge in [0.2, 0.25) is 0 Å². The summed E-state index contributed by atoms with van der Waals surface area (Å²) in [6.07, 6.45) is 64.5. The summed E-state index contributed by atoms with van der Waals surface area (Å²) in [4.78, 5) is 38.0. The number of carbonyl (C=O) groups excluding carboxylic acids is 3. The van der Waals surface area contributed by atoms with Crippen LogP contribution in [0.5, 0.6) is 0 Å². The highest BCUT2D eigenvalue weighted by Gasteiger charge is 2.19. The molecule has 63 heavy (non-hydrogen) atoms. The summed E-state index contributed by atoms with van der Waals surface area (Å²) in [5.74, 6) is -0.924. The maximum absolute atomic E-state index is 12.8. The lowest BCUT2D eigenvalue weighted by atomic mass is 10.0. The van der Waals surface area contributed by atoms with Crippen molar-refractivity contribution in [1.29, 1.82) is 0 Å². The lowest BCUT2D eigenvalue weighted by Gasteiger charge is -2.18. The van der Waals surface area contributed by atoms with E-state index in [1.54, 1.807) is 0 Å². The minimum atomic E-state index is -0.792. The number of unbranched alkanes of at least 4 members (excludes halogenated alkanes) is 24. The Kier molecular flexibility index (Phi) is 48.9. The number of carbonyl (C=O) groups is 3. The third kappa shape index (κ3) is 49.7. The van der Waals surface area contributed by atoms with Gasteiger partial charge >= 0.3 is 17.9 Å². The van der Waals surface area contributed by atoms with Crippen molar-refractivity contribution < 1.29 is 28.6 Å². The molecule has 0 spiro atoms. The lowest BCUT2D eigenvalue weighted by Crippen LogP contribution is -2.30. The Labute approximate surface area is 389 Å². The maximum atomic E-state index is 12.8. The molecule has 6 heteroatoms. The molecule has 0 N–H and O–H groups in total. The molecular formula is C57H98O6. The fourth-order valence-corrected chi connectivity index (χ4v) is 7.23. The Morgan fingerprint density at radius 2 is 0.619 bits per heavy atom. The Bertz CT molecular complexity index is 1190. The van der Waals surface area contributed by atoms with Crippen LogP contribution in [0.4, 0.5) is 0 Å². The van der Waals surface area contributed by atoms with E-state index in [0.717, 1.165) is 122 Å². The molecule has 0 aliphatic carbocycles. The first-order chi connectivity index (χ1) is 31.0. The monoisotopic (exact) mass is 879 g/mol. The molecule has 0 radical (unpaired) electrons. The molecule has 0 saturated carbocycles. The number of esters is 3. The van der Waals surface area contributed by atoms with Gasteiger partial charge in [-0.2, -0.15) is 0 Å². The molecule has 0 amide bonds.